The zero-order chi connectivity index (χ0) is 15.7. The predicted molar refractivity (Wildman–Crippen MR) is 92.6 cm³/mol. The molecule has 0 amide bonds. The van der Waals surface area contributed by atoms with E-state index in [1.165, 1.54) is 0 Å². The summed E-state index contributed by atoms with van der Waals surface area (Å²) in [4.78, 5) is -2.40. The van der Waals surface area contributed by atoms with E-state index in [1.54, 1.807) is 13.8 Å². The third-order valence-electron chi connectivity index (χ3n) is 4.43. The summed E-state index contributed by atoms with van der Waals surface area (Å²) in [5, 5.41) is -0.140. The molecule has 2 saturated carbocycles. The van der Waals surface area contributed by atoms with Gasteiger partial charge in [-0.05, 0) is 26.2 Å². The molecule has 20 heavy (non-hydrogen) atoms. The van der Waals surface area contributed by atoms with Crippen LogP contribution in [0.15, 0.2) is 10.1 Å². The van der Waals surface area contributed by atoms with Crippen LogP contribution < -0.4 is 0 Å². The van der Waals surface area contributed by atoms with E-state index in [4.69, 9.17) is 92.8 Å². The summed E-state index contributed by atoms with van der Waals surface area (Å²) in [6, 6.07) is 0. The molecule has 6 atom stereocenters. The van der Waals surface area contributed by atoms with Crippen LogP contribution in [-0.2, 0) is 0 Å². The van der Waals surface area contributed by atoms with Gasteiger partial charge in [-0.25, -0.2) is 0 Å². The van der Waals surface area contributed by atoms with Crippen molar-refractivity contribution in [1.29, 1.82) is 0 Å². The van der Waals surface area contributed by atoms with Gasteiger partial charge in [-0.2, -0.15) is 0 Å². The first kappa shape index (κ1) is 18.4. The third kappa shape index (κ3) is 2.16. The van der Waals surface area contributed by atoms with Crippen LogP contribution in [0.3, 0.4) is 0 Å². The molecule has 0 heterocycles. The minimum absolute atomic E-state index is 0.194. The van der Waals surface area contributed by atoms with Gasteiger partial charge in [-0.1, -0.05) is 46.4 Å². The zero-order valence-corrected chi connectivity index (χ0v) is 16.6. The number of alkyl halides is 6. The van der Waals surface area contributed by atoms with E-state index in [-0.39, 0.29) is 27.6 Å². The van der Waals surface area contributed by atoms with Gasteiger partial charge in [0, 0.05) is 11.0 Å². The Morgan fingerprint density at radius 2 is 1.55 bits per heavy atom. The fourth-order valence-corrected chi connectivity index (χ4v) is 6.69. The molecular formula is C12H12Cl8. The molecule has 0 aromatic heterocycles. The van der Waals surface area contributed by atoms with Gasteiger partial charge in [0.1, 0.15) is 4.87 Å². The molecule has 2 aliphatic rings. The van der Waals surface area contributed by atoms with Gasteiger partial charge in [0.2, 0.25) is 0 Å². The quantitative estimate of drug-likeness (QED) is 0.398. The van der Waals surface area contributed by atoms with Crippen molar-refractivity contribution < 1.29 is 0 Å². The van der Waals surface area contributed by atoms with Crippen molar-refractivity contribution in [3.05, 3.63) is 10.1 Å². The van der Waals surface area contributed by atoms with Crippen molar-refractivity contribution >= 4 is 92.8 Å². The van der Waals surface area contributed by atoms with Crippen molar-refractivity contribution in [3.8, 4) is 0 Å². The van der Waals surface area contributed by atoms with Gasteiger partial charge in [0.05, 0.1) is 20.7 Å². The molecule has 2 fully saturated rings. The highest BCUT2D eigenvalue weighted by Crippen LogP contribution is 2.72. The maximum Gasteiger partial charge on any atom is 0.161 e. The molecule has 0 aromatic carbocycles. The Balaban J connectivity index is 2.67. The molecule has 2 rings (SSSR count). The lowest BCUT2D eigenvalue weighted by molar-refractivity contribution is 0.389. The van der Waals surface area contributed by atoms with Gasteiger partial charge in [0.25, 0.3) is 0 Å². The zero-order valence-electron chi connectivity index (χ0n) is 10.5. The Hall–Kier alpha value is 2.06. The van der Waals surface area contributed by atoms with Gasteiger partial charge in [0.15, 0.2) is 4.33 Å². The Bertz CT molecular complexity index is 452. The second kappa shape index (κ2) is 5.55. The molecule has 0 saturated heterocycles. The molecule has 0 spiro atoms. The van der Waals surface area contributed by atoms with Crippen LogP contribution in [0.5, 0.6) is 0 Å². The van der Waals surface area contributed by atoms with Crippen LogP contribution in [0.25, 0.3) is 0 Å². The normalized spacial score (nSPS) is 51.9. The van der Waals surface area contributed by atoms with E-state index in [2.05, 4.69) is 0 Å². The summed E-state index contributed by atoms with van der Waals surface area (Å²) in [5.74, 6) is -0.529. The summed E-state index contributed by atoms with van der Waals surface area (Å²) in [5.41, 5.74) is 0. The molecular weight excluding hydrogens is 428 g/mol. The Morgan fingerprint density at radius 3 is 2.00 bits per heavy atom. The number of hydrogen-bond acceptors (Lipinski definition) is 0. The highest BCUT2D eigenvalue weighted by molar-refractivity contribution is 6.61. The van der Waals surface area contributed by atoms with Crippen LogP contribution in [0.1, 0.15) is 20.3 Å². The van der Waals surface area contributed by atoms with E-state index < -0.39 is 14.1 Å². The predicted octanol–water partition coefficient (Wildman–Crippen LogP) is 6.71. The van der Waals surface area contributed by atoms with Crippen molar-refractivity contribution in [2.75, 3.05) is 0 Å². The molecule has 0 bridgehead atoms. The minimum atomic E-state index is -1.53. The first-order chi connectivity index (χ1) is 8.90. The second-order valence-corrected chi connectivity index (χ2v) is 10.3. The Morgan fingerprint density at radius 1 is 1.05 bits per heavy atom. The fraction of sp³-hybridized carbons (Fsp3) is 0.833. The molecule has 0 N–H and O–H groups in total. The summed E-state index contributed by atoms with van der Waals surface area (Å²) in [6.45, 7) is 3.34. The highest BCUT2D eigenvalue weighted by atomic mass is 35.5. The summed E-state index contributed by atoms with van der Waals surface area (Å²) in [7, 11) is 0. The molecule has 2 aliphatic carbocycles. The second-order valence-electron chi connectivity index (χ2n) is 5.54. The van der Waals surface area contributed by atoms with Crippen molar-refractivity contribution in [3.63, 3.8) is 0 Å². The number of rotatable bonds is 1. The lowest BCUT2D eigenvalue weighted by Crippen LogP contribution is -2.51. The van der Waals surface area contributed by atoms with E-state index in [1.807, 2.05) is 0 Å². The molecule has 3 unspecified atom stereocenters. The standard InChI is InChI=1S/C12H12Cl8/c1-4(13)9(16)11(18)5-3-6(14)8(15)7(5)10(2,17)12(11,19)20/h5-8H,3H2,1-2H3/b9-4-/t5-,6+,7?,8?,10?,11-/m1/s1. The molecule has 8 heteroatoms. The third-order valence-corrected chi connectivity index (χ3v) is 9.61. The SMILES string of the molecule is C/C(Cl)=C(/Cl)[C@]1(Cl)[C@@H]2C[C@H](Cl)C(Cl)C2C(C)(Cl)C1(Cl)Cl. The maximum absolute atomic E-state index is 6.78. The van der Waals surface area contributed by atoms with Gasteiger partial charge in [-0.3, -0.25) is 0 Å². The van der Waals surface area contributed by atoms with Crippen LogP contribution in [0.4, 0.5) is 0 Å². The first-order valence-corrected chi connectivity index (χ1v) is 9.10. The molecule has 116 valence electrons. The maximum atomic E-state index is 6.78. The van der Waals surface area contributed by atoms with Crippen LogP contribution >= 0.6 is 92.8 Å². The number of hydrogen-bond donors (Lipinski definition) is 0. The Kier molecular flexibility index (Phi) is 5.11. The summed E-state index contributed by atoms with van der Waals surface area (Å²) in [6.07, 6.45) is 0.522. The van der Waals surface area contributed by atoms with Crippen molar-refractivity contribution in [1.82, 2.24) is 0 Å². The smallest absolute Gasteiger partial charge is 0.121 e. The monoisotopic (exact) mass is 436 g/mol. The lowest BCUT2D eigenvalue weighted by Gasteiger charge is -2.40. The van der Waals surface area contributed by atoms with E-state index >= 15 is 0 Å². The number of fused-ring (bicyclic) bond motifs is 1. The minimum Gasteiger partial charge on any atom is -0.121 e. The summed E-state index contributed by atoms with van der Waals surface area (Å²) < 4.78 is -1.53. The average molecular weight is 440 g/mol. The van der Waals surface area contributed by atoms with Gasteiger partial charge in [-0.15, -0.1) is 46.4 Å². The molecule has 0 nitrogen and oxygen atoms in total. The molecule has 0 radical (unpaired) electrons. The number of halogens is 8. The van der Waals surface area contributed by atoms with Gasteiger partial charge >= 0.3 is 0 Å². The summed E-state index contributed by atoms with van der Waals surface area (Å²) >= 11 is 51.5. The lowest BCUT2D eigenvalue weighted by atomic mass is 9.89. The fourth-order valence-electron chi connectivity index (χ4n) is 3.40. The highest BCUT2D eigenvalue weighted by Gasteiger charge is 2.77. The van der Waals surface area contributed by atoms with Crippen LogP contribution in [0, 0.1) is 11.8 Å². The van der Waals surface area contributed by atoms with Crippen molar-refractivity contribution in [2.45, 2.75) is 45.1 Å². The van der Waals surface area contributed by atoms with Crippen LogP contribution in [-0.4, -0.2) is 24.8 Å². The van der Waals surface area contributed by atoms with E-state index in [0.29, 0.717) is 11.5 Å². The number of allylic oxidation sites excluding steroid dienone is 2. The topological polar surface area (TPSA) is 0 Å². The Labute approximate surface area is 158 Å². The van der Waals surface area contributed by atoms with Crippen LogP contribution in [0.2, 0.25) is 0 Å². The van der Waals surface area contributed by atoms with Gasteiger partial charge < -0.3 is 0 Å². The molecule has 0 aromatic rings. The molecule has 0 aliphatic heterocycles. The van der Waals surface area contributed by atoms with E-state index in [0.717, 1.165) is 0 Å². The van der Waals surface area contributed by atoms with Crippen molar-refractivity contribution in [2.24, 2.45) is 11.8 Å². The van der Waals surface area contributed by atoms with E-state index in [9.17, 15) is 0 Å². The first-order valence-electron chi connectivity index (χ1n) is 5.96. The largest absolute Gasteiger partial charge is 0.161 e. The average Bonchev–Trinajstić information content (AvgIpc) is 2.68.